The molecule has 7 heteroatoms. The smallest absolute Gasteiger partial charge is 0.344 e. The highest BCUT2D eigenvalue weighted by molar-refractivity contribution is 5.77. The normalized spacial score (nSPS) is 26.7. The van der Waals surface area contributed by atoms with Gasteiger partial charge in [-0.15, -0.1) is 0 Å². The van der Waals surface area contributed by atoms with E-state index < -0.39 is 5.97 Å². The fraction of sp³-hybridized carbons (Fsp3) is 0.818. The fourth-order valence-corrected chi connectivity index (χ4v) is 2.42. The lowest BCUT2D eigenvalue weighted by Crippen LogP contribution is -2.42. The van der Waals surface area contributed by atoms with Gasteiger partial charge in [-0.1, -0.05) is 0 Å². The summed E-state index contributed by atoms with van der Waals surface area (Å²) in [4.78, 5) is 30.1. The van der Waals surface area contributed by atoms with Crippen LogP contribution in [0.15, 0.2) is 0 Å². The molecule has 2 bridgehead atoms. The topological polar surface area (TPSA) is 68.3 Å². The van der Waals surface area contributed by atoms with Gasteiger partial charge >= 0.3 is 12.0 Å². The Labute approximate surface area is 106 Å². The van der Waals surface area contributed by atoms with Crippen LogP contribution in [-0.2, 0) is 19.1 Å². The Hall–Kier alpha value is -1.34. The van der Waals surface area contributed by atoms with Gasteiger partial charge in [0.2, 0.25) is 0 Å². The van der Waals surface area contributed by atoms with Crippen molar-refractivity contribution >= 4 is 12.0 Å². The molecule has 0 saturated carbocycles. The molecule has 2 heterocycles. The number of hydrogen-bond donors (Lipinski definition) is 0. The lowest BCUT2D eigenvalue weighted by molar-refractivity contribution is -0.170. The van der Waals surface area contributed by atoms with E-state index in [1.54, 1.807) is 12.0 Å². The van der Waals surface area contributed by atoms with Crippen molar-refractivity contribution in [2.45, 2.75) is 24.9 Å². The quantitative estimate of drug-likeness (QED) is 0.650. The van der Waals surface area contributed by atoms with Crippen molar-refractivity contribution < 1.29 is 23.9 Å². The number of carbonyl (C=O) groups is 2. The number of urea groups is 1. The summed E-state index contributed by atoms with van der Waals surface area (Å²) in [7, 11) is 2.91. The second kappa shape index (κ2) is 5.53. The molecule has 18 heavy (non-hydrogen) atoms. The average Bonchev–Trinajstić information content (AvgIpc) is 2.63. The lowest BCUT2D eigenvalue weighted by Gasteiger charge is -2.29. The van der Waals surface area contributed by atoms with Crippen LogP contribution in [0.1, 0.15) is 12.8 Å². The molecule has 0 spiro atoms. The second-order valence-corrected chi connectivity index (χ2v) is 4.45. The summed E-state index contributed by atoms with van der Waals surface area (Å²) in [6, 6.07) is -0.0656. The van der Waals surface area contributed by atoms with Gasteiger partial charge in [-0.3, -0.25) is 4.84 Å². The first kappa shape index (κ1) is 13.1. The minimum atomic E-state index is -0.493. The monoisotopic (exact) mass is 258 g/mol. The number of methoxy groups -OCH3 is 2. The summed E-state index contributed by atoms with van der Waals surface area (Å²) in [5.41, 5.74) is 0. The second-order valence-electron chi connectivity index (χ2n) is 4.45. The number of fused-ring (bicyclic) bond motifs is 2. The summed E-state index contributed by atoms with van der Waals surface area (Å²) in [5, 5.41) is 1.30. The van der Waals surface area contributed by atoms with Crippen LogP contribution in [0.2, 0.25) is 0 Å². The highest BCUT2D eigenvalue weighted by Gasteiger charge is 2.45. The lowest BCUT2D eigenvalue weighted by atomic mass is 10.0. The van der Waals surface area contributed by atoms with E-state index >= 15 is 0 Å². The molecule has 2 aliphatic heterocycles. The third kappa shape index (κ3) is 2.41. The molecule has 0 aromatic rings. The van der Waals surface area contributed by atoms with E-state index in [1.807, 2.05) is 0 Å². The van der Waals surface area contributed by atoms with E-state index in [0.717, 1.165) is 12.8 Å². The largest absolute Gasteiger partial charge is 0.467 e. The Morgan fingerprint density at radius 3 is 2.83 bits per heavy atom. The molecule has 0 aromatic carbocycles. The number of ether oxygens (including phenoxy) is 2. The van der Waals surface area contributed by atoms with Crippen LogP contribution in [0.3, 0.4) is 0 Å². The standard InChI is InChI=1S/C11H18N2O5/c1-16-6-9-4-3-8-5-12(9)11(15)13(8)18-7-10(14)17-2/h8-9H,3-7H2,1-2H3. The van der Waals surface area contributed by atoms with Gasteiger partial charge < -0.3 is 14.4 Å². The number of carbonyl (C=O) groups excluding carboxylic acids is 2. The molecule has 2 amide bonds. The van der Waals surface area contributed by atoms with Gasteiger partial charge in [0.25, 0.3) is 0 Å². The van der Waals surface area contributed by atoms with Gasteiger partial charge in [0, 0.05) is 13.7 Å². The molecule has 0 aromatic heterocycles. The first-order valence-electron chi connectivity index (χ1n) is 5.96. The third-order valence-corrected chi connectivity index (χ3v) is 3.36. The maximum atomic E-state index is 12.1. The highest BCUT2D eigenvalue weighted by Crippen LogP contribution is 2.29. The van der Waals surface area contributed by atoms with Crippen LogP contribution in [0.5, 0.6) is 0 Å². The van der Waals surface area contributed by atoms with Crippen molar-refractivity contribution in [2.75, 3.05) is 34.0 Å². The van der Waals surface area contributed by atoms with Crippen molar-refractivity contribution in [2.24, 2.45) is 0 Å². The molecule has 2 fully saturated rings. The first-order valence-corrected chi connectivity index (χ1v) is 5.96. The Bertz CT molecular complexity index is 335. The van der Waals surface area contributed by atoms with Crippen LogP contribution in [-0.4, -0.2) is 68.0 Å². The molecule has 2 atom stereocenters. The molecule has 0 radical (unpaired) electrons. The van der Waals surface area contributed by atoms with Crippen molar-refractivity contribution in [1.82, 2.24) is 9.96 Å². The Morgan fingerprint density at radius 2 is 2.17 bits per heavy atom. The summed E-state index contributed by atoms with van der Waals surface area (Å²) < 4.78 is 9.58. The van der Waals surface area contributed by atoms with Crippen LogP contribution in [0.25, 0.3) is 0 Å². The van der Waals surface area contributed by atoms with Crippen molar-refractivity contribution in [1.29, 1.82) is 0 Å². The molecular weight excluding hydrogens is 240 g/mol. The van der Waals surface area contributed by atoms with Crippen LogP contribution in [0.4, 0.5) is 4.79 Å². The number of hydrogen-bond acceptors (Lipinski definition) is 5. The van der Waals surface area contributed by atoms with E-state index in [9.17, 15) is 9.59 Å². The number of esters is 1. The van der Waals surface area contributed by atoms with Crippen molar-refractivity contribution in [3.8, 4) is 0 Å². The van der Waals surface area contributed by atoms with Crippen molar-refractivity contribution in [3.63, 3.8) is 0 Å². The SMILES string of the molecule is COCC1CCC2CN1C(=O)N2OCC(=O)OC. The molecule has 0 N–H and O–H groups in total. The van der Waals surface area contributed by atoms with Gasteiger partial charge in [0.05, 0.1) is 25.8 Å². The minimum Gasteiger partial charge on any atom is -0.467 e. The minimum absolute atomic E-state index is 0.0234. The molecule has 0 aliphatic carbocycles. The third-order valence-electron chi connectivity index (χ3n) is 3.36. The van der Waals surface area contributed by atoms with Crippen LogP contribution < -0.4 is 0 Å². The fourth-order valence-electron chi connectivity index (χ4n) is 2.42. The number of amides is 2. The number of hydroxylamine groups is 2. The maximum absolute atomic E-state index is 12.1. The predicted molar refractivity (Wildman–Crippen MR) is 60.6 cm³/mol. The summed E-state index contributed by atoms with van der Waals surface area (Å²) in [6.07, 6.45) is 1.75. The average molecular weight is 258 g/mol. The van der Waals surface area contributed by atoms with Gasteiger partial charge in [-0.2, -0.15) is 5.06 Å². The highest BCUT2D eigenvalue weighted by atomic mass is 16.7. The zero-order valence-corrected chi connectivity index (χ0v) is 10.6. The first-order chi connectivity index (χ1) is 8.67. The predicted octanol–water partition coefficient (Wildman–Crippen LogP) is 0.00600. The Morgan fingerprint density at radius 1 is 1.39 bits per heavy atom. The van der Waals surface area contributed by atoms with Gasteiger partial charge in [-0.25, -0.2) is 9.59 Å². The van der Waals surface area contributed by atoms with Crippen LogP contribution in [0, 0.1) is 0 Å². The van der Waals surface area contributed by atoms with Gasteiger partial charge in [0.1, 0.15) is 0 Å². The zero-order chi connectivity index (χ0) is 13.1. The molecule has 2 saturated heterocycles. The van der Waals surface area contributed by atoms with Gasteiger partial charge in [0.15, 0.2) is 6.61 Å². The van der Waals surface area contributed by atoms with E-state index in [2.05, 4.69) is 4.74 Å². The number of nitrogens with zero attached hydrogens (tertiary/aromatic N) is 2. The summed E-state index contributed by atoms with van der Waals surface area (Å²) in [6.45, 7) is 0.929. The molecule has 102 valence electrons. The van der Waals surface area contributed by atoms with Gasteiger partial charge in [-0.05, 0) is 12.8 Å². The Balaban J connectivity index is 1.94. The molecular formula is C11H18N2O5. The summed E-state index contributed by atoms with van der Waals surface area (Å²) in [5.74, 6) is -0.493. The van der Waals surface area contributed by atoms with E-state index in [4.69, 9.17) is 9.57 Å². The number of rotatable bonds is 5. The van der Waals surface area contributed by atoms with E-state index in [1.165, 1.54) is 12.2 Å². The number of piperidine rings is 1. The Kier molecular flexibility index (Phi) is 4.03. The molecule has 7 nitrogen and oxygen atoms in total. The molecule has 2 unspecified atom stereocenters. The van der Waals surface area contributed by atoms with Crippen LogP contribution >= 0.6 is 0 Å². The molecule has 2 aliphatic rings. The summed E-state index contributed by atoms with van der Waals surface area (Å²) >= 11 is 0. The molecule has 2 rings (SSSR count). The van der Waals surface area contributed by atoms with E-state index in [-0.39, 0.29) is 24.7 Å². The zero-order valence-electron chi connectivity index (χ0n) is 10.6. The maximum Gasteiger partial charge on any atom is 0.344 e. The van der Waals surface area contributed by atoms with Crippen molar-refractivity contribution in [3.05, 3.63) is 0 Å². The van der Waals surface area contributed by atoms with E-state index in [0.29, 0.717) is 13.2 Å².